The number of alkyl halides is 3. The van der Waals surface area contributed by atoms with Crippen LogP contribution in [0.5, 0.6) is 0 Å². The summed E-state index contributed by atoms with van der Waals surface area (Å²) in [5, 5.41) is 0. The Kier molecular flexibility index (Phi) is 6.06. The fraction of sp³-hybridized carbons (Fsp3) is 0.231. The van der Waals surface area contributed by atoms with Crippen molar-refractivity contribution >= 4 is 5.69 Å². The van der Waals surface area contributed by atoms with Crippen LogP contribution in [0.25, 0.3) is 11.1 Å². The third kappa shape index (κ3) is 4.82. The lowest BCUT2D eigenvalue weighted by Crippen LogP contribution is -2.49. The molecule has 1 unspecified atom stereocenters. The highest BCUT2D eigenvalue weighted by molar-refractivity contribution is 5.69. The number of hydrogen-bond donors (Lipinski definition) is 1. The summed E-state index contributed by atoms with van der Waals surface area (Å²) in [6, 6.07) is 18.1. The number of nitrogens with zero attached hydrogens (tertiary/aromatic N) is 4. The predicted octanol–water partition coefficient (Wildman–Crippen LogP) is 5.43. The van der Waals surface area contributed by atoms with Gasteiger partial charge in [0.05, 0.1) is 18.6 Å². The molecule has 0 spiro atoms. The number of benzene rings is 2. The molecule has 4 aromatic rings. The first-order valence-corrected chi connectivity index (χ1v) is 11.1. The van der Waals surface area contributed by atoms with Crippen molar-refractivity contribution in [2.45, 2.75) is 31.9 Å². The number of hydrogen-bond acceptors (Lipinski definition) is 4. The molecule has 1 atom stereocenters. The van der Waals surface area contributed by atoms with Crippen LogP contribution in [-0.4, -0.2) is 38.7 Å². The largest absolute Gasteiger partial charge is 0.460 e. The minimum Gasteiger partial charge on any atom is -0.364 e. The van der Waals surface area contributed by atoms with E-state index in [0.717, 1.165) is 28.1 Å². The maximum absolute atomic E-state index is 14.4. The highest BCUT2D eigenvalue weighted by Crippen LogP contribution is 2.37. The van der Waals surface area contributed by atoms with E-state index >= 15 is 0 Å². The average molecular weight is 464 g/mol. The van der Waals surface area contributed by atoms with Crippen LogP contribution >= 0.6 is 0 Å². The summed E-state index contributed by atoms with van der Waals surface area (Å²) in [5.74, 6) is 0. The molecular formula is C26H24F3N5. The van der Waals surface area contributed by atoms with Gasteiger partial charge < -0.3 is 9.88 Å². The first-order chi connectivity index (χ1) is 16.5. The van der Waals surface area contributed by atoms with Crippen LogP contribution in [0.2, 0.25) is 0 Å². The van der Waals surface area contributed by atoms with Crippen LogP contribution in [0.4, 0.5) is 18.9 Å². The lowest BCUT2D eigenvalue weighted by Gasteiger charge is -2.33. The number of anilines is 1. The van der Waals surface area contributed by atoms with E-state index in [0.29, 0.717) is 23.4 Å². The molecule has 3 heterocycles. The van der Waals surface area contributed by atoms with E-state index in [1.165, 1.54) is 0 Å². The molecule has 2 aromatic carbocycles. The van der Waals surface area contributed by atoms with Gasteiger partial charge in [0, 0.05) is 43.4 Å². The van der Waals surface area contributed by atoms with Gasteiger partial charge in [-0.05, 0) is 46.9 Å². The van der Waals surface area contributed by atoms with E-state index in [4.69, 9.17) is 0 Å². The Bertz CT molecular complexity index is 1210. The van der Waals surface area contributed by atoms with E-state index in [1.54, 1.807) is 24.9 Å². The summed E-state index contributed by atoms with van der Waals surface area (Å²) < 4.78 is 43.1. The molecular weight excluding hydrogens is 439 g/mol. The first kappa shape index (κ1) is 22.2. The monoisotopic (exact) mass is 463 g/mol. The summed E-state index contributed by atoms with van der Waals surface area (Å²) in [6.07, 6.45) is 2.53. The molecule has 8 heteroatoms. The zero-order valence-corrected chi connectivity index (χ0v) is 18.4. The van der Waals surface area contributed by atoms with Gasteiger partial charge in [0.25, 0.3) is 0 Å². The van der Waals surface area contributed by atoms with Crippen molar-refractivity contribution in [3.05, 3.63) is 102 Å². The fourth-order valence-corrected chi connectivity index (χ4v) is 4.58. The molecule has 0 amide bonds. The third-order valence-electron chi connectivity index (χ3n) is 6.18. The van der Waals surface area contributed by atoms with Crippen LogP contribution in [0.1, 0.15) is 16.8 Å². The molecule has 0 radical (unpaired) electrons. The molecule has 0 fully saturated rings. The minimum absolute atomic E-state index is 0.218. The Labute approximate surface area is 195 Å². The second kappa shape index (κ2) is 9.30. The number of aromatic amines is 1. The number of aromatic nitrogens is 3. The molecule has 0 bridgehead atoms. The molecule has 5 rings (SSSR count). The normalized spacial score (nSPS) is 16.8. The fourth-order valence-electron chi connectivity index (χ4n) is 4.58. The number of rotatable bonds is 5. The summed E-state index contributed by atoms with van der Waals surface area (Å²) in [4.78, 5) is 14.0. The molecule has 0 saturated carbocycles. The molecule has 174 valence electrons. The number of halogens is 3. The number of imidazole rings is 1. The van der Waals surface area contributed by atoms with Crippen LogP contribution in [-0.2, 0) is 19.5 Å². The minimum atomic E-state index is -4.47. The Morgan fingerprint density at radius 1 is 0.941 bits per heavy atom. The molecule has 1 aliphatic heterocycles. The smallest absolute Gasteiger partial charge is 0.364 e. The van der Waals surface area contributed by atoms with E-state index < -0.39 is 12.3 Å². The topological polar surface area (TPSA) is 48.1 Å². The van der Waals surface area contributed by atoms with Gasteiger partial charge in [0.2, 0.25) is 0 Å². The van der Waals surface area contributed by atoms with Crippen molar-refractivity contribution in [3.8, 4) is 11.1 Å². The second-order valence-electron chi connectivity index (χ2n) is 8.48. The van der Waals surface area contributed by atoms with Gasteiger partial charge in [-0.25, -0.2) is 9.88 Å². The van der Waals surface area contributed by atoms with E-state index in [9.17, 15) is 13.2 Å². The van der Waals surface area contributed by atoms with Crippen molar-refractivity contribution in [1.82, 2.24) is 19.9 Å². The SMILES string of the molecule is FC(F)(F)N1Cc2cc(-c3cccnc3)ccc2N(Cc2cnc[nH]2)CC1Cc1ccccc1. The van der Waals surface area contributed by atoms with Gasteiger partial charge in [-0.2, -0.15) is 13.2 Å². The Hall–Kier alpha value is -3.65. The van der Waals surface area contributed by atoms with Gasteiger partial charge in [-0.3, -0.25) is 4.98 Å². The number of H-pyrrole nitrogens is 1. The number of nitrogens with one attached hydrogen (secondary N) is 1. The Morgan fingerprint density at radius 2 is 1.79 bits per heavy atom. The van der Waals surface area contributed by atoms with E-state index in [-0.39, 0.29) is 13.1 Å². The molecule has 2 aromatic heterocycles. The summed E-state index contributed by atoms with van der Waals surface area (Å²) >= 11 is 0. The van der Waals surface area contributed by atoms with Crippen molar-refractivity contribution in [3.63, 3.8) is 0 Å². The van der Waals surface area contributed by atoms with Crippen LogP contribution < -0.4 is 4.90 Å². The molecule has 34 heavy (non-hydrogen) atoms. The van der Waals surface area contributed by atoms with E-state index in [2.05, 4.69) is 15.0 Å². The number of pyridine rings is 1. The summed E-state index contributed by atoms with van der Waals surface area (Å²) in [5.41, 5.74) is 4.87. The predicted molar refractivity (Wildman–Crippen MR) is 125 cm³/mol. The highest BCUT2D eigenvalue weighted by atomic mass is 19.4. The number of fused-ring (bicyclic) bond motifs is 1. The van der Waals surface area contributed by atoms with Crippen molar-refractivity contribution < 1.29 is 13.2 Å². The Morgan fingerprint density at radius 3 is 2.50 bits per heavy atom. The van der Waals surface area contributed by atoms with Crippen LogP contribution in [0.3, 0.4) is 0 Å². The molecule has 0 aliphatic carbocycles. The standard InChI is InChI=1S/C26H24F3N5/c27-26(28,29)34-15-22-12-20(21-7-4-10-30-13-21)8-9-25(22)33(16-23-14-31-18-32-23)17-24(34)11-19-5-2-1-3-6-19/h1-10,12-14,18,24H,11,15-17H2,(H,31,32). The van der Waals surface area contributed by atoms with Crippen LogP contribution in [0, 0.1) is 0 Å². The van der Waals surface area contributed by atoms with Crippen molar-refractivity contribution in [1.29, 1.82) is 0 Å². The quantitative estimate of drug-likeness (QED) is 0.401. The van der Waals surface area contributed by atoms with E-state index in [1.807, 2.05) is 65.6 Å². The summed E-state index contributed by atoms with van der Waals surface area (Å²) in [6.45, 7) is 0.451. The summed E-state index contributed by atoms with van der Waals surface area (Å²) in [7, 11) is 0. The van der Waals surface area contributed by atoms with Crippen molar-refractivity contribution in [2.24, 2.45) is 0 Å². The van der Waals surface area contributed by atoms with Crippen molar-refractivity contribution in [2.75, 3.05) is 11.4 Å². The second-order valence-corrected chi connectivity index (χ2v) is 8.48. The highest BCUT2D eigenvalue weighted by Gasteiger charge is 2.44. The zero-order valence-electron chi connectivity index (χ0n) is 18.4. The maximum Gasteiger partial charge on any atom is 0.460 e. The van der Waals surface area contributed by atoms with Gasteiger partial charge in [-0.15, -0.1) is 0 Å². The first-order valence-electron chi connectivity index (χ1n) is 11.1. The maximum atomic E-state index is 14.4. The molecule has 5 nitrogen and oxygen atoms in total. The molecule has 1 aliphatic rings. The lowest BCUT2D eigenvalue weighted by atomic mass is 10.0. The lowest BCUT2D eigenvalue weighted by molar-refractivity contribution is -0.261. The average Bonchev–Trinajstić information content (AvgIpc) is 3.30. The van der Waals surface area contributed by atoms with Gasteiger partial charge in [0.15, 0.2) is 0 Å². The molecule has 1 N–H and O–H groups in total. The van der Waals surface area contributed by atoms with Gasteiger partial charge in [-0.1, -0.05) is 42.5 Å². The zero-order chi connectivity index (χ0) is 23.5. The molecule has 0 saturated heterocycles. The third-order valence-corrected chi connectivity index (χ3v) is 6.18. The van der Waals surface area contributed by atoms with Gasteiger partial charge in [0.1, 0.15) is 0 Å². The Balaban J connectivity index is 1.57. The van der Waals surface area contributed by atoms with Gasteiger partial charge >= 0.3 is 6.30 Å². The van der Waals surface area contributed by atoms with Crippen LogP contribution in [0.15, 0.2) is 85.6 Å².